The Kier molecular flexibility index (Phi) is 10.2. The van der Waals surface area contributed by atoms with Gasteiger partial charge in [0, 0.05) is 35.7 Å². The molecule has 41 heavy (non-hydrogen) atoms. The van der Waals surface area contributed by atoms with Gasteiger partial charge in [0.05, 0.1) is 14.2 Å². The number of amides is 3. The molecule has 10 nitrogen and oxygen atoms in total. The molecule has 0 saturated carbocycles. The number of carbonyl (C=O) groups excluding carboxylic acids is 3. The molecular weight excluding hydrogens is 524 g/mol. The van der Waals surface area contributed by atoms with E-state index in [9.17, 15) is 14.4 Å². The number of para-hydroxylation sites is 1. The fourth-order valence-corrected chi connectivity index (χ4v) is 4.48. The van der Waals surface area contributed by atoms with Crippen LogP contribution in [0.4, 0.5) is 11.5 Å². The van der Waals surface area contributed by atoms with Crippen molar-refractivity contribution in [2.24, 2.45) is 0 Å². The minimum atomic E-state index is -1.12. The molecule has 10 heteroatoms. The average molecular weight is 565 g/mol. The predicted molar refractivity (Wildman–Crippen MR) is 157 cm³/mol. The monoisotopic (exact) mass is 564 g/mol. The standard InChI is InChI=1S/C31H40N4O6/c1-9-31(5,6)33-30(38)28(22-11-10-12-24(39-7)29(22)40-8)35(23-14-13-19(2)17-20(23)3)27(37)16-15-26(36)32-25-18-21(4)41-34-25/h10-14,17-18,28H,9,15-16H2,1-8H3,(H,33,38)(H,32,34,36). The van der Waals surface area contributed by atoms with Crippen LogP contribution >= 0.6 is 0 Å². The van der Waals surface area contributed by atoms with Crippen LogP contribution in [0.25, 0.3) is 0 Å². The van der Waals surface area contributed by atoms with Gasteiger partial charge in [-0.25, -0.2) is 0 Å². The highest BCUT2D eigenvalue weighted by Gasteiger charge is 2.38. The van der Waals surface area contributed by atoms with E-state index in [0.717, 1.165) is 11.1 Å². The molecule has 0 spiro atoms. The van der Waals surface area contributed by atoms with Crippen molar-refractivity contribution in [2.45, 2.75) is 72.4 Å². The first-order chi connectivity index (χ1) is 19.4. The van der Waals surface area contributed by atoms with Gasteiger partial charge in [0.25, 0.3) is 0 Å². The third kappa shape index (κ3) is 7.65. The highest BCUT2D eigenvalue weighted by atomic mass is 16.5. The quantitative estimate of drug-likeness (QED) is 0.301. The molecule has 0 aliphatic heterocycles. The number of methoxy groups -OCH3 is 2. The van der Waals surface area contributed by atoms with Crippen LogP contribution in [0.2, 0.25) is 0 Å². The number of ether oxygens (including phenoxy) is 2. The fraction of sp³-hybridized carbons (Fsp3) is 0.419. The Morgan fingerprint density at radius 3 is 2.34 bits per heavy atom. The third-order valence-corrected chi connectivity index (χ3v) is 6.92. The minimum absolute atomic E-state index is 0.129. The lowest BCUT2D eigenvalue weighted by Gasteiger charge is -2.36. The molecule has 0 bridgehead atoms. The maximum atomic E-state index is 14.2. The number of aromatic nitrogens is 1. The van der Waals surface area contributed by atoms with E-state index in [4.69, 9.17) is 14.0 Å². The highest BCUT2D eigenvalue weighted by molar-refractivity contribution is 6.04. The fourth-order valence-electron chi connectivity index (χ4n) is 4.48. The van der Waals surface area contributed by atoms with Gasteiger partial charge >= 0.3 is 0 Å². The summed E-state index contributed by atoms with van der Waals surface area (Å²) >= 11 is 0. The van der Waals surface area contributed by atoms with Crippen LogP contribution in [0.3, 0.4) is 0 Å². The van der Waals surface area contributed by atoms with Crippen molar-refractivity contribution in [1.29, 1.82) is 0 Å². The Bertz CT molecular complexity index is 1400. The van der Waals surface area contributed by atoms with E-state index in [0.29, 0.717) is 34.9 Å². The third-order valence-electron chi connectivity index (χ3n) is 6.92. The Hall–Kier alpha value is -4.34. The lowest BCUT2D eigenvalue weighted by Crippen LogP contribution is -2.50. The second-order valence-corrected chi connectivity index (χ2v) is 10.6. The van der Waals surface area contributed by atoms with E-state index in [-0.39, 0.29) is 24.6 Å². The molecule has 220 valence electrons. The van der Waals surface area contributed by atoms with Crippen LogP contribution in [0.1, 0.15) is 68.5 Å². The Morgan fingerprint density at radius 1 is 1.02 bits per heavy atom. The van der Waals surface area contributed by atoms with Crippen LogP contribution in [0.15, 0.2) is 47.0 Å². The van der Waals surface area contributed by atoms with Crippen molar-refractivity contribution in [3.05, 3.63) is 64.9 Å². The van der Waals surface area contributed by atoms with E-state index in [1.807, 2.05) is 52.8 Å². The van der Waals surface area contributed by atoms with E-state index < -0.39 is 23.4 Å². The number of rotatable bonds is 12. The first kappa shape index (κ1) is 31.2. The van der Waals surface area contributed by atoms with Gasteiger partial charge in [-0.2, -0.15) is 0 Å². The molecular formula is C31H40N4O6. The molecule has 3 aromatic rings. The molecule has 0 radical (unpaired) electrons. The number of nitrogens with zero attached hydrogens (tertiary/aromatic N) is 2. The van der Waals surface area contributed by atoms with Crippen LogP contribution < -0.4 is 25.0 Å². The maximum Gasteiger partial charge on any atom is 0.248 e. The summed E-state index contributed by atoms with van der Waals surface area (Å²) in [6, 6.07) is 11.3. The van der Waals surface area contributed by atoms with E-state index in [1.54, 1.807) is 31.2 Å². The SMILES string of the molecule is CCC(C)(C)NC(=O)C(c1cccc(OC)c1OC)N(C(=O)CCC(=O)Nc1cc(C)on1)c1ccc(C)cc1C. The van der Waals surface area contributed by atoms with Crippen molar-refractivity contribution < 1.29 is 28.4 Å². The number of carbonyl (C=O) groups is 3. The summed E-state index contributed by atoms with van der Waals surface area (Å²) in [7, 11) is 3.00. The molecule has 2 N–H and O–H groups in total. The molecule has 2 aromatic carbocycles. The molecule has 1 atom stereocenters. The Labute approximate surface area is 241 Å². The van der Waals surface area contributed by atoms with Crippen LogP contribution in [-0.2, 0) is 14.4 Å². The molecule has 1 unspecified atom stereocenters. The normalized spacial score (nSPS) is 11.9. The van der Waals surface area contributed by atoms with Crippen molar-refractivity contribution in [2.75, 3.05) is 24.4 Å². The second-order valence-electron chi connectivity index (χ2n) is 10.6. The summed E-state index contributed by atoms with van der Waals surface area (Å²) < 4.78 is 16.2. The zero-order valence-electron chi connectivity index (χ0n) is 25.1. The summed E-state index contributed by atoms with van der Waals surface area (Å²) in [4.78, 5) is 42.4. The Morgan fingerprint density at radius 2 is 1.76 bits per heavy atom. The van der Waals surface area contributed by atoms with Crippen LogP contribution in [0.5, 0.6) is 11.5 Å². The summed E-state index contributed by atoms with van der Waals surface area (Å²) in [6.07, 6.45) is 0.374. The van der Waals surface area contributed by atoms with E-state index >= 15 is 0 Å². The number of aryl methyl sites for hydroxylation is 3. The summed E-state index contributed by atoms with van der Waals surface area (Å²) in [5.74, 6) is 0.375. The lowest BCUT2D eigenvalue weighted by molar-refractivity contribution is -0.128. The zero-order valence-corrected chi connectivity index (χ0v) is 25.1. The van der Waals surface area contributed by atoms with Gasteiger partial charge < -0.3 is 24.6 Å². The van der Waals surface area contributed by atoms with Gasteiger partial charge in [0.1, 0.15) is 11.8 Å². The van der Waals surface area contributed by atoms with Crippen molar-refractivity contribution >= 4 is 29.2 Å². The van der Waals surface area contributed by atoms with Crippen LogP contribution in [-0.4, -0.2) is 42.6 Å². The number of anilines is 2. The van der Waals surface area contributed by atoms with Gasteiger partial charge in [-0.1, -0.05) is 41.9 Å². The first-order valence-electron chi connectivity index (χ1n) is 13.6. The van der Waals surface area contributed by atoms with Crippen molar-refractivity contribution in [3.8, 4) is 11.5 Å². The number of hydrogen-bond acceptors (Lipinski definition) is 7. The minimum Gasteiger partial charge on any atom is -0.493 e. The highest BCUT2D eigenvalue weighted by Crippen LogP contribution is 2.40. The molecule has 0 aliphatic rings. The molecule has 0 aliphatic carbocycles. The average Bonchev–Trinajstić information content (AvgIpc) is 3.34. The summed E-state index contributed by atoms with van der Waals surface area (Å²) in [5, 5.41) is 9.52. The molecule has 1 aromatic heterocycles. The van der Waals surface area contributed by atoms with Crippen molar-refractivity contribution in [3.63, 3.8) is 0 Å². The summed E-state index contributed by atoms with van der Waals surface area (Å²) in [5.41, 5.74) is 2.26. The molecule has 1 heterocycles. The lowest BCUT2D eigenvalue weighted by atomic mass is 9.96. The van der Waals surface area contributed by atoms with Gasteiger partial charge in [-0.15, -0.1) is 0 Å². The number of nitrogens with one attached hydrogen (secondary N) is 2. The smallest absolute Gasteiger partial charge is 0.248 e. The first-order valence-corrected chi connectivity index (χ1v) is 13.6. The number of benzene rings is 2. The molecule has 3 rings (SSSR count). The van der Waals surface area contributed by atoms with Gasteiger partial charge in [0.2, 0.25) is 17.7 Å². The molecule has 3 amide bonds. The topological polar surface area (TPSA) is 123 Å². The van der Waals surface area contributed by atoms with Gasteiger partial charge in [-0.3, -0.25) is 19.3 Å². The largest absolute Gasteiger partial charge is 0.493 e. The Balaban J connectivity index is 2.11. The molecule has 0 saturated heterocycles. The van der Waals surface area contributed by atoms with Gasteiger partial charge in [-0.05, 0) is 58.7 Å². The second kappa shape index (κ2) is 13.3. The number of hydrogen-bond donors (Lipinski definition) is 2. The molecule has 0 fully saturated rings. The van der Waals surface area contributed by atoms with Crippen molar-refractivity contribution in [1.82, 2.24) is 10.5 Å². The predicted octanol–water partition coefficient (Wildman–Crippen LogP) is 5.42. The zero-order chi connectivity index (χ0) is 30.3. The van der Waals surface area contributed by atoms with E-state index in [2.05, 4.69) is 15.8 Å². The maximum absolute atomic E-state index is 14.2. The summed E-state index contributed by atoms with van der Waals surface area (Å²) in [6.45, 7) is 11.4. The van der Waals surface area contributed by atoms with Gasteiger partial charge in [0.15, 0.2) is 17.3 Å². The van der Waals surface area contributed by atoms with E-state index in [1.165, 1.54) is 19.1 Å². The van der Waals surface area contributed by atoms with Crippen LogP contribution in [0, 0.1) is 20.8 Å².